The molecule has 4 aliphatic rings. The predicted molar refractivity (Wildman–Crippen MR) is 160 cm³/mol. The summed E-state index contributed by atoms with van der Waals surface area (Å²) in [5, 5.41) is 0. The maximum Gasteiger partial charge on any atom is 0.410 e. The predicted octanol–water partition coefficient (Wildman–Crippen LogP) is 4.58. The molecule has 6 heterocycles. The van der Waals surface area contributed by atoms with Crippen LogP contribution in [0.2, 0.25) is 0 Å². The molecule has 2 aromatic heterocycles. The highest BCUT2D eigenvalue weighted by atomic mass is 16.6. The van der Waals surface area contributed by atoms with Crippen LogP contribution in [0.3, 0.4) is 0 Å². The van der Waals surface area contributed by atoms with E-state index in [0.29, 0.717) is 52.5 Å². The number of aromatic nitrogens is 3. The maximum absolute atomic E-state index is 13.9. The van der Waals surface area contributed by atoms with Crippen molar-refractivity contribution in [1.29, 1.82) is 0 Å². The number of amides is 3. The number of ether oxygens (including phenoxy) is 3. The fourth-order valence-electron chi connectivity index (χ4n) is 6.96. The van der Waals surface area contributed by atoms with Gasteiger partial charge >= 0.3 is 12.1 Å². The number of nitrogens with zero attached hydrogens (tertiary/aromatic N) is 5. The van der Waals surface area contributed by atoms with Gasteiger partial charge in [0.05, 0.1) is 56.4 Å². The average molecular weight is 589 g/mol. The molecule has 4 aliphatic heterocycles. The van der Waals surface area contributed by atoms with Crippen LogP contribution >= 0.6 is 0 Å². The first kappa shape index (κ1) is 28.1. The lowest BCUT2D eigenvalue weighted by molar-refractivity contribution is -0.0335. The van der Waals surface area contributed by atoms with Gasteiger partial charge < -0.3 is 29.0 Å². The SMILES string of the molecule is Cc1c[nH]c2ncc(-c3cc4c(c([C@@H]5COCCN5C(=O)OC(C)(C)C)c3)CN(C(=O)N3C5CCC3COC5)CC4)nc12. The molecule has 3 amide bonds. The minimum atomic E-state index is -0.624. The first-order valence-corrected chi connectivity index (χ1v) is 15.4. The number of rotatable bonds is 2. The van der Waals surface area contributed by atoms with Crippen molar-refractivity contribution in [3.63, 3.8) is 0 Å². The van der Waals surface area contributed by atoms with E-state index in [4.69, 9.17) is 19.2 Å². The van der Waals surface area contributed by atoms with Crippen LogP contribution in [0.1, 0.15) is 61.9 Å². The molecule has 3 aromatic rings. The van der Waals surface area contributed by atoms with Gasteiger partial charge in [-0.1, -0.05) is 0 Å². The highest BCUT2D eigenvalue weighted by Crippen LogP contribution is 2.38. The summed E-state index contributed by atoms with van der Waals surface area (Å²) in [6.07, 6.45) is 6.03. The van der Waals surface area contributed by atoms with Crippen LogP contribution in [0.25, 0.3) is 22.4 Å². The summed E-state index contributed by atoms with van der Waals surface area (Å²) in [7, 11) is 0. The third-order valence-corrected chi connectivity index (χ3v) is 9.09. The fourth-order valence-corrected chi connectivity index (χ4v) is 6.96. The van der Waals surface area contributed by atoms with Crippen LogP contribution in [0.4, 0.5) is 9.59 Å². The van der Waals surface area contributed by atoms with Crippen molar-refractivity contribution in [3.05, 3.63) is 46.8 Å². The molecule has 1 N–H and O–H groups in total. The van der Waals surface area contributed by atoms with Crippen LogP contribution < -0.4 is 0 Å². The van der Waals surface area contributed by atoms with Crippen molar-refractivity contribution in [2.45, 2.75) is 77.2 Å². The lowest BCUT2D eigenvalue weighted by Crippen LogP contribution is -2.55. The van der Waals surface area contributed by atoms with Gasteiger partial charge in [0.2, 0.25) is 0 Å². The van der Waals surface area contributed by atoms with E-state index >= 15 is 0 Å². The number of benzene rings is 1. The van der Waals surface area contributed by atoms with Gasteiger partial charge in [-0.05, 0) is 81.3 Å². The van der Waals surface area contributed by atoms with Crippen molar-refractivity contribution in [1.82, 2.24) is 29.7 Å². The number of aromatic amines is 1. The zero-order chi connectivity index (χ0) is 29.9. The molecule has 43 heavy (non-hydrogen) atoms. The highest BCUT2D eigenvalue weighted by Gasteiger charge is 2.43. The van der Waals surface area contributed by atoms with Crippen LogP contribution in [-0.2, 0) is 27.2 Å². The lowest BCUT2D eigenvalue weighted by Gasteiger charge is -2.42. The summed E-state index contributed by atoms with van der Waals surface area (Å²) < 4.78 is 17.5. The zero-order valence-corrected chi connectivity index (χ0v) is 25.4. The molecule has 7 rings (SSSR count). The van der Waals surface area contributed by atoms with Crippen LogP contribution in [0, 0.1) is 6.92 Å². The number of H-pyrrole nitrogens is 1. The Kier molecular flexibility index (Phi) is 7.04. The number of carbonyl (C=O) groups excluding carboxylic acids is 2. The Morgan fingerprint density at radius 3 is 2.63 bits per heavy atom. The van der Waals surface area contributed by atoms with Gasteiger partial charge in [0.15, 0.2) is 5.65 Å². The summed E-state index contributed by atoms with van der Waals surface area (Å²) in [5.41, 5.74) is 6.89. The summed E-state index contributed by atoms with van der Waals surface area (Å²) in [6, 6.07) is 4.30. The first-order chi connectivity index (χ1) is 20.7. The van der Waals surface area contributed by atoms with E-state index in [9.17, 15) is 9.59 Å². The molecule has 0 aliphatic carbocycles. The molecule has 3 atom stereocenters. The fraction of sp³-hybridized carbons (Fsp3) is 0.562. The zero-order valence-electron chi connectivity index (χ0n) is 25.4. The standard InChI is InChI=1S/C32H40N6O5/c1-19-13-33-29-28(19)35-26(14-34-29)21-11-20-7-8-36(30(39)38-22-5-6-23(38)17-42-16-22)15-25(20)24(12-21)27-18-41-10-9-37(27)31(40)43-32(2,3)4/h11-14,22-23,27H,5-10,15-18H2,1-4H3,(H,33,34)/t22?,23?,27-/m0/s1. The Hall–Kier alpha value is -3.70. The Morgan fingerprint density at radius 2 is 1.86 bits per heavy atom. The van der Waals surface area contributed by atoms with Crippen molar-refractivity contribution < 1.29 is 23.8 Å². The van der Waals surface area contributed by atoms with Crippen molar-refractivity contribution in [2.24, 2.45) is 0 Å². The molecule has 3 fully saturated rings. The lowest BCUT2D eigenvalue weighted by atomic mass is 9.87. The molecular formula is C32H40N6O5. The minimum absolute atomic E-state index is 0.0830. The monoisotopic (exact) mass is 588 g/mol. The number of hydrogen-bond donors (Lipinski definition) is 1. The van der Waals surface area contributed by atoms with Crippen molar-refractivity contribution in [2.75, 3.05) is 39.5 Å². The van der Waals surface area contributed by atoms with E-state index in [1.54, 1.807) is 11.1 Å². The number of urea groups is 1. The van der Waals surface area contributed by atoms with Crippen LogP contribution in [0.5, 0.6) is 0 Å². The van der Waals surface area contributed by atoms with Crippen molar-refractivity contribution >= 4 is 23.3 Å². The highest BCUT2D eigenvalue weighted by molar-refractivity contribution is 5.79. The second-order valence-corrected chi connectivity index (χ2v) is 13.2. The number of hydrogen-bond acceptors (Lipinski definition) is 7. The summed E-state index contributed by atoms with van der Waals surface area (Å²) in [6.45, 7) is 11.2. The molecule has 1 aromatic carbocycles. The van der Waals surface area contributed by atoms with Crippen LogP contribution in [-0.4, -0.2) is 99.0 Å². The van der Waals surface area contributed by atoms with Gasteiger partial charge in [-0.2, -0.15) is 0 Å². The largest absolute Gasteiger partial charge is 0.444 e. The summed E-state index contributed by atoms with van der Waals surface area (Å²) in [5.74, 6) is 0. The molecule has 11 heteroatoms. The van der Waals surface area contributed by atoms with E-state index in [0.717, 1.165) is 57.5 Å². The third-order valence-electron chi connectivity index (χ3n) is 9.09. The summed E-state index contributed by atoms with van der Waals surface area (Å²) in [4.78, 5) is 46.0. The van der Waals surface area contributed by atoms with Crippen LogP contribution in [0.15, 0.2) is 24.5 Å². The molecular weight excluding hydrogens is 548 g/mol. The number of nitrogens with one attached hydrogen (secondary N) is 1. The Labute approximate surface area is 251 Å². The second-order valence-electron chi connectivity index (χ2n) is 13.2. The van der Waals surface area contributed by atoms with Gasteiger partial charge in [0, 0.05) is 31.4 Å². The Morgan fingerprint density at radius 1 is 1.07 bits per heavy atom. The molecule has 11 nitrogen and oxygen atoms in total. The molecule has 0 radical (unpaired) electrons. The van der Waals surface area contributed by atoms with Gasteiger partial charge in [0.1, 0.15) is 11.1 Å². The normalized spacial score (nSPS) is 23.9. The van der Waals surface area contributed by atoms with Gasteiger partial charge in [-0.25, -0.2) is 19.6 Å². The number of aryl methyl sites for hydroxylation is 1. The smallest absolute Gasteiger partial charge is 0.410 e. The number of morpholine rings is 2. The Bertz CT molecular complexity index is 1550. The van der Waals surface area contributed by atoms with E-state index in [1.807, 2.05) is 38.8 Å². The van der Waals surface area contributed by atoms with E-state index in [1.165, 1.54) is 0 Å². The third kappa shape index (κ3) is 5.22. The summed E-state index contributed by atoms with van der Waals surface area (Å²) >= 11 is 0. The van der Waals surface area contributed by atoms with Crippen molar-refractivity contribution in [3.8, 4) is 11.3 Å². The van der Waals surface area contributed by atoms with Gasteiger partial charge in [-0.15, -0.1) is 0 Å². The molecule has 2 bridgehead atoms. The molecule has 0 spiro atoms. The number of fused-ring (bicyclic) bond motifs is 4. The first-order valence-electron chi connectivity index (χ1n) is 15.4. The molecule has 0 saturated carbocycles. The second kappa shape index (κ2) is 10.8. The minimum Gasteiger partial charge on any atom is -0.444 e. The Balaban J connectivity index is 1.29. The van der Waals surface area contributed by atoms with Gasteiger partial charge in [-0.3, -0.25) is 4.90 Å². The quantitative estimate of drug-likeness (QED) is 0.466. The topological polar surface area (TPSA) is 113 Å². The van der Waals surface area contributed by atoms with E-state index in [2.05, 4.69) is 27.0 Å². The molecule has 228 valence electrons. The number of carbonyl (C=O) groups is 2. The molecule has 3 saturated heterocycles. The maximum atomic E-state index is 13.9. The van der Waals surface area contributed by atoms with Gasteiger partial charge in [0.25, 0.3) is 0 Å². The van der Waals surface area contributed by atoms with E-state index < -0.39 is 5.60 Å². The average Bonchev–Trinajstić information content (AvgIpc) is 3.49. The molecule has 2 unspecified atom stereocenters. The van der Waals surface area contributed by atoms with E-state index in [-0.39, 0.29) is 30.2 Å².